The summed E-state index contributed by atoms with van der Waals surface area (Å²) >= 11 is 5.97. The lowest BCUT2D eigenvalue weighted by atomic mass is 9.90. The van der Waals surface area contributed by atoms with E-state index < -0.39 is 17.4 Å². The lowest BCUT2D eigenvalue weighted by Gasteiger charge is -2.28. The summed E-state index contributed by atoms with van der Waals surface area (Å²) in [5.74, 6) is -0.778. The number of nitrogens with zero attached hydrogens (tertiary/aromatic N) is 1. The first kappa shape index (κ1) is 17.0. The molecule has 1 heterocycles. The maximum absolute atomic E-state index is 12.6. The number of nitrogens with two attached hydrogens (primary N) is 1. The van der Waals surface area contributed by atoms with E-state index in [0.29, 0.717) is 34.0 Å². The van der Waals surface area contributed by atoms with Gasteiger partial charge in [-0.1, -0.05) is 35.8 Å². The molecule has 0 bridgehead atoms. The smallest absolute Gasteiger partial charge is 0.257 e. The van der Waals surface area contributed by atoms with E-state index in [1.165, 1.54) is 6.92 Å². The molecule has 1 unspecified atom stereocenters. The highest BCUT2D eigenvalue weighted by atomic mass is 35.5. The van der Waals surface area contributed by atoms with Gasteiger partial charge in [-0.25, -0.2) is 0 Å². The maximum atomic E-state index is 12.6. The van der Waals surface area contributed by atoms with Gasteiger partial charge in [0.05, 0.1) is 5.69 Å². The predicted molar refractivity (Wildman–Crippen MR) is 86.1 cm³/mol. The van der Waals surface area contributed by atoms with Crippen molar-refractivity contribution in [1.29, 1.82) is 0 Å². The number of carbonyl (C=O) groups is 2. The number of amides is 2. The molecule has 0 spiro atoms. The van der Waals surface area contributed by atoms with Crippen molar-refractivity contribution in [3.63, 3.8) is 0 Å². The number of halogens is 1. The monoisotopic (exact) mass is 335 g/mol. The lowest BCUT2D eigenvalue weighted by molar-refractivity contribution is -0.123. The minimum atomic E-state index is -1.41. The number of hydrogen-bond acceptors (Lipinski definition) is 4. The Kier molecular flexibility index (Phi) is 4.75. The number of rotatable bonds is 5. The van der Waals surface area contributed by atoms with Gasteiger partial charge < -0.3 is 15.6 Å². The first-order valence-corrected chi connectivity index (χ1v) is 7.51. The Morgan fingerprint density at radius 1 is 1.43 bits per heavy atom. The molecule has 23 heavy (non-hydrogen) atoms. The van der Waals surface area contributed by atoms with Crippen LogP contribution in [0.15, 0.2) is 28.8 Å². The van der Waals surface area contributed by atoms with E-state index in [1.807, 2.05) is 6.92 Å². The molecular weight excluding hydrogens is 318 g/mol. The molecule has 7 heteroatoms. The minimum Gasteiger partial charge on any atom is -0.367 e. The molecule has 2 rings (SSSR count). The van der Waals surface area contributed by atoms with Crippen molar-refractivity contribution in [2.45, 2.75) is 32.7 Å². The molecule has 0 aliphatic rings. The number of aromatic nitrogens is 1. The summed E-state index contributed by atoms with van der Waals surface area (Å²) in [7, 11) is 0. The molecule has 0 radical (unpaired) electrons. The van der Waals surface area contributed by atoms with Crippen LogP contribution in [0.3, 0.4) is 0 Å². The SMILES string of the molecule is CCc1noc(C)c1C(=O)NC(C)(C(N)=O)c1cccc(Cl)c1. The van der Waals surface area contributed by atoms with Crippen LogP contribution in [0, 0.1) is 6.92 Å². The quantitative estimate of drug-likeness (QED) is 0.876. The van der Waals surface area contributed by atoms with Crippen molar-refractivity contribution in [3.05, 3.63) is 51.9 Å². The van der Waals surface area contributed by atoms with Crippen LogP contribution < -0.4 is 11.1 Å². The summed E-state index contributed by atoms with van der Waals surface area (Å²) < 4.78 is 5.06. The topological polar surface area (TPSA) is 98.2 Å². The Morgan fingerprint density at radius 3 is 2.70 bits per heavy atom. The maximum Gasteiger partial charge on any atom is 0.257 e. The molecule has 2 aromatic rings. The van der Waals surface area contributed by atoms with Gasteiger partial charge in [0.25, 0.3) is 5.91 Å². The number of benzene rings is 1. The van der Waals surface area contributed by atoms with E-state index >= 15 is 0 Å². The highest BCUT2D eigenvalue weighted by Crippen LogP contribution is 2.25. The second-order valence-electron chi connectivity index (χ2n) is 5.37. The van der Waals surface area contributed by atoms with Crippen LogP contribution in [0.4, 0.5) is 0 Å². The van der Waals surface area contributed by atoms with Crippen LogP contribution in [-0.4, -0.2) is 17.0 Å². The summed E-state index contributed by atoms with van der Waals surface area (Å²) in [6.45, 7) is 5.04. The highest BCUT2D eigenvalue weighted by molar-refractivity contribution is 6.30. The van der Waals surface area contributed by atoms with Crippen molar-refractivity contribution in [2.75, 3.05) is 0 Å². The van der Waals surface area contributed by atoms with Gasteiger partial charge in [-0.15, -0.1) is 0 Å². The van der Waals surface area contributed by atoms with Crippen molar-refractivity contribution in [3.8, 4) is 0 Å². The molecule has 6 nitrogen and oxygen atoms in total. The van der Waals surface area contributed by atoms with Crippen LogP contribution in [0.5, 0.6) is 0 Å². The number of aryl methyl sites for hydroxylation is 2. The van der Waals surface area contributed by atoms with Crippen molar-refractivity contribution >= 4 is 23.4 Å². The molecule has 0 aliphatic carbocycles. The molecule has 2 amide bonds. The molecule has 1 aromatic carbocycles. The van der Waals surface area contributed by atoms with Gasteiger partial charge >= 0.3 is 0 Å². The van der Waals surface area contributed by atoms with Crippen molar-refractivity contribution in [2.24, 2.45) is 5.73 Å². The first-order valence-electron chi connectivity index (χ1n) is 7.13. The van der Waals surface area contributed by atoms with E-state index in [1.54, 1.807) is 31.2 Å². The van der Waals surface area contributed by atoms with Gasteiger partial charge in [0.15, 0.2) is 0 Å². The zero-order valence-corrected chi connectivity index (χ0v) is 13.9. The second-order valence-corrected chi connectivity index (χ2v) is 5.80. The van der Waals surface area contributed by atoms with E-state index in [0.717, 1.165) is 0 Å². The van der Waals surface area contributed by atoms with Crippen LogP contribution in [0.2, 0.25) is 5.02 Å². The molecule has 0 saturated heterocycles. The third kappa shape index (κ3) is 3.22. The lowest BCUT2D eigenvalue weighted by Crippen LogP contribution is -2.53. The molecule has 0 saturated carbocycles. The summed E-state index contributed by atoms with van der Waals surface area (Å²) in [4.78, 5) is 24.6. The summed E-state index contributed by atoms with van der Waals surface area (Å²) in [6.07, 6.45) is 0.532. The Morgan fingerprint density at radius 2 is 2.13 bits per heavy atom. The third-order valence-electron chi connectivity index (χ3n) is 3.75. The van der Waals surface area contributed by atoms with Crippen LogP contribution >= 0.6 is 11.6 Å². The van der Waals surface area contributed by atoms with E-state index in [-0.39, 0.29) is 0 Å². The number of nitrogens with one attached hydrogen (secondary N) is 1. The van der Waals surface area contributed by atoms with Crippen LogP contribution in [0.25, 0.3) is 0 Å². The molecule has 122 valence electrons. The molecule has 1 atom stereocenters. The van der Waals surface area contributed by atoms with Gasteiger partial charge in [0.1, 0.15) is 16.9 Å². The van der Waals surface area contributed by atoms with Crippen LogP contribution in [-0.2, 0) is 16.8 Å². The summed E-state index contributed by atoms with van der Waals surface area (Å²) in [5.41, 5.74) is 5.47. The van der Waals surface area contributed by atoms with Crippen LogP contribution in [0.1, 0.15) is 41.2 Å². The van der Waals surface area contributed by atoms with Crippen molar-refractivity contribution in [1.82, 2.24) is 10.5 Å². The van der Waals surface area contributed by atoms with Gasteiger partial charge in [0.2, 0.25) is 5.91 Å². The Labute approximate surface area is 139 Å². The van der Waals surface area contributed by atoms with Gasteiger partial charge in [-0.05, 0) is 38.0 Å². The zero-order chi connectivity index (χ0) is 17.2. The average molecular weight is 336 g/mol. The number of primary amides is 1. The Bertz CT molecular complexity index is 757. The molecule has 0 aliphatic heterocycles. The largest absolute Gasteiger partial charge is 0.367 e. The molecular formula is C16H18ClN3O3. The molecule has 1 aromatic heterocycles. The fourth-order valence-corrected chi connectivity index (χ4v) is 2.51. The molecule has 0 fully saturated rings. The second kappa shape index (κ2) is 6.42. The third-order valence-corrected chi connectivity index (χ3v) is 3.99. The standard InChI is InChI=1S/C16H18ClN3O3/c1-4-12-13(9(2)23-20-12)14(21)19-16(3,15(18)22)10-6-5-7-11(17)8-10/h5-8H,4H2,1-3H3,(H2,18,22)(H,19,21). The summed E-state index contributed by atoms with van der Waals surface area (Å²) in [5, 5.41) is 6.97. The fraction of sp³-hybridized carbons (Fsp3) is 0.312. The number of hydrogen-bond donors (Lipinski definition) is 2. The minimum absolute atomic E-state index is 0.321. The van der Waals surface area contributed by atoms with E-state index in [2.05, 4.69) is 10.5 Å². The summed E-state index contributed by atoms with van der Waals surface area (Å²) in [6, 6.07) is 6.63. The zero-order valence-electron chi connectivity index (χ0n) is 13.1. The first-order chi connectivity index (χ1) is 10.8. The number of carbonyl (C=O) groups excluding carboxylic acids is 2. The highest BCUT2D eigenvalue weighted by Gasteiger charge is 2.36. The van der Waals surface area contributed by atoms with Gasteiger partial charge in [-0.3, -0.25) is 9.59 Å². The Balaban J connectivity index is 2.42. The Hall–Kier alpha value is -2.34. The van der Waals surface area contributed by atoms with Crippen molar-refractivity contribution < 1.29 is 14.1 Å². The normalized spacial score (nSPS) is 13.4. The molecule has 3 N–H and O–H groups in total. The van der Waals surface area contributed by atoms with Gasteiger partial charge in [-0.2, -0.15) is 0 Å². The van der Waals surface area contributed by atoms with E-state index in [9.17, 15) is 9.59 Å². The predicted octanol–water partition coefficient (Wildman–Crippen LogP) is 2.33. The fourth-order valence-electron chi connectivity index (χ4n) is 2.32. The average Bonchev–Trinajstić information content (AvgIpc) is 2.87. The van der Waals surface area contributed by atoms with E-state index in [4.69, 9.17) is 21.9 Å². The van der Waals surface area contributed by atoms with Gasteiger partial charge in [0, 0.05) is 5.02 Å².